The van der Waals surface area contributed by atoms with Crippen LogP contribution in [0.3, 0.4) is 0 Å². The molecule has 0 bridgehead atoms. The summed E-state index contributed by atoms with van der Waals surface area (Å²) in [6.07, 6.45) is 10.1. The second-order valence-corrected chi connectivity index (χ2v) is 5.53. The molecular formula is C14H30N2O. The van der Waals surface area contributed by atoms with Gasteiger partial charge >= 0.3 is 0 Å². The van der Waals surface area contributed by atoms with Gasteiger partial charge in [0.25, 0.3) is 0 Å². The van der Waals surface area contributed by atoms with E-state index >= 15 is 0 Å². The van der Waals surface area contributed by atoms with E-state index in [1.165, 1.54) is 38.5 Å². The summed E-state index contributed by atoms with van der Waals surface area (Å²) in [4.78, 5) is 0. The predicted octanol–water partition coefficient (Wildman–Crippen LogP) is 2.03. The van der Waals surface area contributed by atoms with Gasteiger partial charge in [-0.05, 0) is 38.5 Å². The van der Waals surface area contributed by atoms with E-state index in [9.17, 15) is 0 Å². The summed E-state index contributed by atoms with van der Waals surface area (Å²) in [5.41, 5.74) is 5.92. The van der Waals surface area contributed by atoms with E-state index in [0.29, 0.717) is 18.7 Å². The molecule has 102 valence electrons. The average Bonchev–Trinajstić information content (AvgIpc) is 2.62. The Hall–Kier alpha value is -0.120. The van der Waals surface area contributed by atoms with Gasteiger partial charge < -0.3 is 16.2 Å². The molecule has 0 spiro atoms. The molecule has 2 atom stereocenters. The van der Waals surface area contributed by atoms with Crippen LogP contribution >= 0.6 is 0 Å². The van der Waals surface area contributed by atoms with Gasteiger partial charge in [0.05, 0.1) is 0 Å². The summed E-state index contributed by atoms with van der Waals surface area (Å²) in [7, 11) is 0. The molecule has 1 aliphatic rings. The first-order valence-electron chi connectivity index (χ1n) is 7.35. The molecule has 3 heteroatoms. The van der Waals surface area contributed by atoms with Gasteiger partial charge in [-0.25, -0.2) is 0 Å². The van der Waals surface area contributed by atoms with Crippen molar-refractivity contribution in [3.63, 3.8) is 0 Å². The van der Waals surface area contributed by atoms with Crippen molar-refractivity contribution in [1.82, 2.24) is 5.32 Å². The Morgan fingerprint density at radius 3 is 2.41 bits per heavy atom. The van der Waals surface area contributed by atoms with E-state index in [0.717, 1.165) is 25.3 Å². The van der Waals surface area contributed by atoms with E-state index in [4.69, 9.17) is 10.8 Å². The smallest absolute Gasteiger partial charge is 0.0431 e. The topological polar surface area (TPSA) is 58.3 Å². The maximum absolute atomic E-state index is 8.84. The van der Waals surface area contributed by atoms with Crippen molar-refractivity contribution in [1.29, 1.82) is 0 Å². The van der Waals surface area contributed by atoms with Crippen LogP contribution in [0, 0.1) is 5.92 Å². The summed E-state index contributed by atoms with van der Waals surface area (Å²) in [5.74, 6) is 0.763. The fourth-order valence-electron chi connectivity index (χ4n) is 2.96. The maximum Gasteiger partial charge on any atom is 0.0431 e. The van der Waals surface area contributed by atoms with Crippen LogP contribution in [0.1, 0.15) is 58.3 Å². The summed E-state index contributed by atoms with van der Waals surface area (Å²) in [6, 6.07) is 0.945. The highest BCUT2D eigenvalue weighted by molar-refractivity contribution is 4.81. The minimum absolute atomic E-state index is 0.294. The maximum atomic E-state index is 8.84. The Labute approximate surface area is 106 Å². The van der Waals surface area contributed by atoms with E-state index in [2.05, 4.69) is 12.2 Å². The van der Waals surface area contributed by atoms with E-state index in [1.807, 2.05) is 0 Å². The van der Waals surface area contributed by atoms with Gasteiger partial charge in [-0.2, -0.15) is 0 Å². The molecule has 0 heterocycles. The highest BCUT2D eigenvalue weighted by atomic mass is 16.2. The molecule has 1 rings (SSSR count). The molecule has 0 amide bonds. The lowest BCUT2D eigenvalue weighted by Gasteiger charge is -2.29. The monoisotopic (exact) mass is 242 g/mol. The molecule has 1 fully saturated rings. The van der Waals surface area contributed by atoms with Crippen LogP contribution in [0.2, 0.25) is 0 Å². The molecule has 17 heavy (non-hydrogen) atoms. The van der Waals surface area contributed by atoms with Crippen LogP contribution in [0.15, 0.2) is 0 Å². The first-order chi connectivity index (χ1) is 8.27. The van der Waals surface area contributed by atoms with Crippen molar-refractivity contribution < 1.29 is 5.11 Å². The minimum atomic E-state index is 0.294. The molecule has 0 aromatic heterocycles. The quantitative estimate of drug-likeness (QED) is 0.599. The molecule has 1 aliphatic carbocycles. The number of nitrogens with one attached hydrogen (secondary N) is 1. The second kappa shape index (κ2) is 8.90. The van der Waals surface area contributed by atoms with Gasteiger partial charge in [0, 0.05) is 25.2 Å². The van der Waals surface area contributed by atoms with E-state index in [1.54, 1.807) is 0 Å². The molecule has 0 aliphatic heterocycles. The summed E-state index contributed by atoms with van der Waals surface area (Å²) < 4.78 is 0. The van der Waals surface area contributed by atoms with Gasteiger partial charge in [-0.15, -0.1) is 0 Å². The molecule has 0 saturated heterocycles. The Morgan fingerprint density at radius 2 is 1.88 bits per heavy atom. The number of nitrogens with two attached hydrogens (primary N) is 1. The van der Waals surface area contributed by atoms with Crippen LogP contribution < -0.4 is 11.1 Å². The Bertz CT molecular complexity index is 179. The number of hydrogen-bond donors (Lipinski definition) is 3. The Balaban J connectivity index is 2.34. The van der Waals surface area contributed by atoms with Gasteiger partial charge in [0.15, 0.2) is 0 Å². The number of hydrogen-bond acceptors (Lipinski definition) is 3. The third-order valence-electron chi connectivity index (χ3n) is 4.02. The van der Waals surface area contributed by atoms with Gasteiger partial charge in [-0.3, -0.25) is 0 Å². The molecule has 0 radical (unpaired) electrons. The predicted molar refractivity (Wildman–Crippen MR) is 73.0 cm³/mol. The van der Waals surface area contributed by atoms with Crippen LogP contribution in [0.4, 0.5) is 0 Å². The second-order valence-electron chi connectivity index (χ2n) is 5.53. The van der Waals surface area contributed by atoms with Gasteiger partial charge in [-0.1, -0.05) is 25.7 Å². The summed E-state index contributed by atoms with van der Waals surface area (Å²) >= 11 is 0. The molecule has 2 unspecified atom stereocenters. The van der Waals surface area contributed by atoms with Crippen molar-refractivity contribution >= 4 is 0 Å². The van der Waals surface area contributed by atoms with Crippen molar-refractivity contribution in [3.05, 3.63) is 0 Å². The zero-order valence-corrected chi connectivity index (χ0v) is 11.3. The lowest BCUT2D eigenvalue weighted by molar-refractivity contribution is 0.259. The molecule has 1 saturated carbocycles. The van der Waals surface area contributed by atoms with E-state index < -0.39 is 0 Å². The normalized spacial score (nSPS) is 22.1. The third kappa shape index (κ3) is 5.84. The lowest BCUT2D eigenvalue weighted by Crippen LogP contribution is -2.46. The van der Waals surface area contributed by atoms with Crippen LogP contribution in [0.25, 0.3) is 0 Å². The van der Waals surface area contributed by atoms with Gasteiger partial charge in [0.2, 0.25) is 0 Å². The molecule has 4 N–H and O–H groups in total. The zero-order valence-electron chi connectivity index (χ0n) is 11.3. The van der Waals surface area contributed by atoms with Crippen molar-refractivity contribution in [2.45, 2.75) is 70.4 Å². The number of aliphatic hydroxyl groups is 1. The van der Waals surface area contributed by atoms with Crippen molar-refractivity contribution in [2.75, 3.05) is 13.2 Å². The highest BCUT2D eigenvalue weighted by Crippen LogP contribution is 2.25. The largest absolute Gasteiger partial charge is 0.396 e. The number of aliphatic hydroxyl groups excluding tert-OH is 1. The zero-order chi connectivity index (χ0) is 12.5. The van der Waals surface area contributed by atoms with E-state index in [-0.39, 0.29) is 0 Å². The standard InChI is InChI=1S/C14H30N2O/c1-12(7-6-10-17)16-14(11-15)13-8-4-2-3-5-9-13/h12-14,16-17H,2-11,15H2,1H3. The van der Waals surface area contributed by atoms with Gasteiger partial charge in [0.1, 0.15) is 0 Å². The van der Waals surface area contributed by atoms with Crippen LogP contribution in [-0.4, -0.2) is 30.3 Å². The van der Waals surface area contributed by atoms with Crippen LogP contribution in [-0.2, 0) is 0 Å². The fraction of sp³-hybridized carbons (Fsp3) is 1.00. The number of rotatable bonds is 7. The lowest BCUT2D eigenvalue weighted by atomic mass is 9.91. The molecule has 0 aromatic rings. The highest BCUT2D eigenvalue weighted by Gasteiger charge is 2.22. The summed E-state index contributed by atoms with van der Waals surface area (Å²) in [6.45, 7) is 3.24. The Morgan fingerprint density at radius 1 is 1.24 bits per heavy atom. The first-order valence-corrected chi connectivity index (χ1v) is 7.35. The molecular weight excluding hydrogens is 212 g/mol. The fourth-order valence-corrected chi connectivity index (χ4v) is 2.96. The third-order valence-corrected chi connectivity index (χ3v) is 4.02. The average molecular weight is 242 g/mol. The summed E-state index contributed by atoms with van der Waals surface area (Å²) in [5, 5.41) is 12.5. The first kappa shape index (κ1) is 14.9. The molecule has 3 nitrogen and oxygen atoms in total. The SMILES string of the molecule is CC(CCCO)NC(CN)C1CCCCCC1. The Kier molecular flexibility index (Phi) is 7.82. The molecule has 0 aromatic carbocycles. The minimum Gasteiger partial charge on any atom is -0.396 e. The van der Waals surface area contributed by atoms with Crippen LogP contribution in [0.5, 0.6) is 0 Å². The van der Waals surface area contributed by atoms with Crippen molar-refractivity contribution in [2.24, 2.45) is 11.7 Å². The van der Waals surface area contributed by atoms with Crippen molar-refractivity contribution in [3.8, 4) is 0 Å².